The first-order valence-corrected chi connectivity index (χ1v) is 5.53. The van der Waals surface area contributed by atoms with E-state index >= 15 is 0 Å². The highest BCUT2D eigenvalue weighted by Gasteiger charge is 2.25. The zero-order valence-electron chi connectivity index (χ0n) is 8.70. The van der Waals surface area contributed by atoms with E-state index in [2.05, 4.69) is 17.4 Å². The first-order valence-electron chi connectivity index (χ1n) is 5.53. The van der Waals surface area contributed by atoms with Gasteiger partial charge < -0.3 is 9.84 Å². The molecule has 2 rings (SSSR count). The van der Waals surface area contributed by atoms with Gasteiger partial charge in [0.15, 0.2) is 0 Å². The van der Waals surface area contributed by atoms with Crippen molar-refractivity contribution in [2.45, 2.75) is 45.2 Å². The van der Waals surface area contributed by atoms with E-state index in [-0.39, 0.29) is 0 Å². The summed E-state index contributed by atoms with van der Waals surface area (Å²) in [6.45, 7) is 3.10. The van der Waals surface area contributed by atoms with E-state index in [9.17, 15) is 0 Å². The van der Waals surface area contributed by atoms with Gasteiger partial charge in [0.2, 0.25) is 0 Å². The quantitative estimate of drug-likeness (QED) is 0.799. The van der Waals surface area contributed by atoms with Gasteiger partial charge in [-0.15, -0.1) is 0 Å². The number of nitrogens with one attached hydrogen (secondary N) is 1. The minimum absolute atomic E-state index is 0.685. The van der Waals surface area contributed by atoms with Gasteiger partial charge in [-0.25, -0.2) is 0 Å². The van der Waals surface area contributed by atoms with Crippen LogP contribution >= 0.6 is 0 Å². The van der Waals surface area contributed by atoms with Crippen LogP contribution in [0.3, 0.4) is 0 Å². The Bertz CT molecular complexity index is 258. The molecule has 1 fully saturated rings. The highest BCUT2D eigenvalue weighted by Crippen LogP contribution is 2.28. The Labute approximate surface area is 84.9 Å². The summed E-state index contributed by atoms with van der Waals surface area (Å²) >= 11 is 0. The van der Waals surface area contributed by atoms with Crippen LogP contribution in [0.4, 0.5) is 0 Å². The van der Waals surface area contributed by atoms with E-state index in [1.165, 1.54) is 25.7 Å². The molecule has 0 aliphatic heterocycles. The maximum atomic E-state index is 5.05. The molecule has 0 saturated heterocycles. The Morgan fingerprint density at radius 2 is 2.50 bits per heavy atom. The van der Waals surface area contributed by atoms with Gasteiger partial charge in [-0.05, 0) is 18.8 Å². The first kappa shape index (κ1) is 9.71. The Kier molecular flexibility index (Phi) is 3.19. The molecule has 0 amide bonds. The Balaban J connectivity index is 1.80. The summed E-state index contributed by atoms with van der Waals surface area (Å²) in [6, 6.07) is 2.60. The molecule has 2 unspecified atom stereocenters. The van der Waals surface area contributed by atoms with Crippen molar-refractivity contribution in [1.29, 1.82) is 0 Å². The predicted molar refractivity (Wildman–Crippen MR) is 54.8 cm³/mol. The molecule has 0 bridgehead atoms. The van der Waals surface area contributed by atoms with Gasteiger partial charge in [0.25, 0.3) is 0 Å². The number of hydrogen-bond acceptors (Lipinski definition) is 3. The molecule has 3 nitrogen and oxygen atoms in total. The standard InChI is InChI=1S/C11H18N2O/c1-2-9-4-3-5-11(9)12-8-10-6-7-13-14-10/h6-7,9,11-12H,2-5,8H2,1H3. The van der Waals surface area contributed by atoms with Crippen LogP contribution in [0.25, 0.3) is 0 Å². The zero-order valence-corrected chi connectivity index (χ0v) is 8.70. The summed E-state index contributed by atoms with van der Waals surface area (Å²) in [5, 5.41) is 7.24. The van der Waals surface area contributed by atoms with Crippen molar-refractivity contribution in [3.63, 3.8) is 0 Å². The summed E-state index contributed by atoms with van der Waals surface area (Å²) in [7, 11) is 0. The van der Waals surface area contributed by atoms with Crippen LogP contribution in [0.1, 0.15) is 38.4 Å². The fraction of sp³-hybridized carbons (Fsp3) is 0.727. The average Bonchev–Trinajstić information content (AvgIpc) is 2.85. The van der Waals surface area contributed by atoms with Gasteiger partial charge in [-0.3, -0.25) is 0 Å². The van der Waals surface area contributed by atoms with Crippen molar-refractivity contribution >= 4 is 0 Å². The topological polar surface area (TPSA) is 38.1 Å². The van der Waals surface area contributed by atoms with E-state index in [0.717, 1.165) is 18.2 Å². The maximum Gasteiger partial charge on any atom is 0.150 e. The molecule has 78 valence electrons. The second-order valence-electron chi connectivity index (χ2n) is 4.07. The van der Waals surface area contributed by atoms with Gasteiger partial charge in [-0.2, -0.15) is 0 Å². The van der Waals surface area contributed by atoms with Crippen molar-refractivity contribution in [1.82, 2.24) is 10.5 Å². The number of hydrogen-bond donors (Lipinski definition) is 1. The smallest absolute Gasteiger partial charge is 0.150 e. The van der Waals surface area contributed by atoms with Crippen molar-refractivity contribution in [3.05, 3.63) is 18.0 Å². The lowest BCUT2D eigenvalue weighted by molar-refractivity contribution is 0.338. The third kappa shape index (κ3) is 2.15. The SMILES string of the molecule is CCC1CCCC1NCc1ccno1. The molecule has 1 heterocycles. The fourth-order valence-electron chi connectivity index (χ4n) is 2.36. The van der Waals surface area contributed by atoms with Crippen molar-refractivity contribution in [2.24, 2.45) is 5.92 Å². The summed E-state index contributed by atoms with van der Waals surface area (Å²) < 4.78 is 5.05. The minimum atomic E-state index is 0.685. The van der Waals surface area contributed by atoms with Gasteiger partial charge in [0.05, 0.1) is 12.7 Å². The van der Waals surface area contributed by atoms with E-state index in [4.69, 9.17) is 4.52 Å². The Morgan fingerprint density at radius 3 is 3.21 bits per heavy atom. The minimum Gasteiger partial charge on any atom is -0.360 e. The van der Waals surface area contributed by atoms with Crippen molar-refractivity contribution in [2.75, 3.05) is 0 Å². The lowest BCUT2D eigenvalue weighted by Gasteiger charge is -2.18. The number of rotatable bonds is 4. The molecular formula is C11H18N2O. The van der Waals surface area contributed by atoms with E-state index in [1.807, 2.05) is 6.07 Å². The van der Waals surface area contributed by atoms with Crippen LogP contribution in [-0.2, 0) is 6.54 Å². The second kappa shape index (κ2) is 4.60. The van der Waals surface area contributed by atoms with Crippen LogP contribution in [0.15, 0.2) is 16.8 Å². The number of aromatic nitrogens is 1. The van der Waals surface area contributed by atoms with E-state index in [0.29, 0.717) is 6.04 Å². The summed E-state index contributed by atoms with van der Waals surface area (Å²) in [6.07, 6.45) is 7.04. The van der Waals surface area contributed by atoms with Crippen LogP contribution in [0, 0.1) is 5.92 Å². The highest BCUT2D eigenvalue weighted by molar-refractivity contribution is 4.93. The monoisotopic (exact) mass is 194 g/mol. The largest absolute Gasteiger partial charge is 0.360 e. The average molecular weight is 194 g/mol. The molecule has 0 radical (unpaired) electrons. The third-order valence-electron chi connectivity index (χ3n) is 3.21. The lowest BCUT2D eigenvalue weighted by Crippen LogP contribution is -2.31. The molecule has 14 heavy (non-hydrogen) atoms. The second-order valence-corrected chi connectivity index (χ2v) is 4.07. The summed E-state index contributed by atoms with van der Waals surface area (Å²) in [5.74, 6) is 1.80. The molecule has 1 N–H and O–H groups in total. The molecule has 1 aliphatic rings. The summed E-state index contributed by atoms with van der Waals surface area (Å²) in [5.41, 5.74) is 0. The molecule has 3 heteroatoms. The zero-order chi connectivity index (χ0) is 9.80. The summed E-state index contributed by atoms with van der Waals surface area (Å²) in [4.78, 5) is 0. The van der Waals surface area contributed by atoms with Gasteiger partial charge in [0.1, 0.15) is 5.76 Å². The predicted octanol–water partition coefficient (Wildman–Crippen LogP) is 2.34. The Morgan fingerprint density at radius 1 is 1.57 bits per heavy atom. The maximum absolute atomic E-state index is 5.05. The molecule has 1 aliphatic carbocycles. The van der Waals surface area contributed by atoms with Crippen LogP contribution in [0.5, 0.6) is 0 Å². The molecule has 1 saturated carbocycles. The van der Waals surface area contributed by atoms with Gasteiger partial charge >= 0.3 is 0 Å². The first-order chi connectivity index (χ1) is 6.90. The van der Waals surface area contributed by atoms with Crippen molar-refractivity contribution in [3.8, 4) is 0 Å². The van der Waals surface area contributed by atoms with Crippen LogP contribution in [-0.4, -0.2) is 11.2 Å². The fourth-order valence-corrected chi connectivity index (χ4v) is 2.36. The van der Waals surface area contributed by atoms with Crippen LogP contribution < -0.4 is 5.32 Å². The normalized spacial score (nSPS) is 26.9. The highest BCUT2D eigenvalue weighted by atomic mass is 16.5. The Hall–Kier alpha value is -0.830. The van der Waals surface area contributed by atoms with E-state index in [1.54, 1.807) is 6.20 Å². The molecule has 1 aromatic heterocycles. The number of nitrogens with zero attached hydrogens (tertiary/aromatic N) is 1. The van der Waals surface area contributed by atoms with Gasteiger partial charge in [-0.1, -0.05) is 24.9 Å². The van der Waals surface area contributed by atoms with Crippen LogP contribution in [0.2, 0.25) is 0 Å². The van der Waals surface area contributed by atoms with Crippen molar-refractivity contribution < 1.29 is 4.52 Å². The molecule has 0 aromatic carbocycles. The third-order valence-corrected chi connectivity index (χ3v) is 3.21. The molecule has 2 atom stereocenters. The van der Waals surface area contributed by atoms with Gasteiger partial charge in [0, 0.05) is 12.1 Å². The molecule has 1 aromatic rings. The lowest BCUT2D eigenvalue weighted by atomic mass is 10.0. The molecular weight excluding hydrogens is 176 g/mol. The molecule has 0 spiro atoms. The van der Waals surface area contributed by atoms with E-state index < -0.39 is 0 Å².